The summed E-state index contributed by atoms with van der Waals surface area (Å²) in [5, 5.41) is 22.2. The van der Waals surface area contributed by atoms with Crippen molar-refractivity contribution in [1.82, 2.24) is 24.6 Å². The molecule has 152 valence electrons. The Kier molecular flexibility index (Phi) is 5.84. The number of aliphatic hydroxyl groups is 1. The van der Waals surface area contributed by atoms with Gasteiger partial charge in [-0.3, -0.25) is 9.47 Å². The van der Waals surface area contributed by atoms with Crippen LogP contribution in [0.25, 0.3) is 5.82 Å². The number of nitrogens with zero attached hydrogens (tertiary/aromatic N) is 5. The van der Waals surface area contributed by atoms with Gasteiger partial charge in [-0.25, -0.2) is 4.98 Å². The average Bonchev–Trinajstić information content (AvgIpc) is 3.30. The number of aliphatic hydroxyl groups excluding tert-OH is 1. The lowest BCUT2D eigenvalue weighted by molar-refractivity contribution is -0.117. The number of imidazole rings is 1. The molecule has 0 spiro atoms. The summed E-state index contributed by atoms with van der Waals surface area (Å²) in [6.45, 7) is 4.46. The molecule has 0 bridgehead atoms. The molecular formula is C21H26N6O2. The Morgan fingerprint density at radius 3 is 2.76 bits per heavy atom. The van der Waals surface area contributed by atoms with E-state index in [1.165, 1.54) is 5.56 Å². The Bertz CT molecular complexity index is 887. The highest BCUT2D eigenvalue weighted by Crippen LogP contribution is 2.27. The van der Waals surface area contributed by atoms with Gasteiger partial charge < -0.3 is 15.2 Å². The van der Waals surface area contributed by atoms with Crippen molar-refractivity contribution < 1.29 is 9.84 Å². The van der Waals surface area contributed by atoms with E-state index in [9.17, 15) is 5.11 Å². The zero-order valence-corrected chi connectivity index (χ0v) is 16.5. The number of nitrogens with one attached hydrogen (secondary N) is 1. The van der Waals surface area contributed by atoms with Crippen LogP contribution in [0.3, 0.4) is 0 Å². The maximum absolute atomic E-state index is 10.3. The molecule has 1 fully saturated rings. The molecule has 1 saturated heterocycles. The molecule has 2 aromatic heterocycles. The first-order valence-corrected chi connectivity index (χ1v) is 9.75. The van der Waals surface area contributed by atoms with Gasteiger partial charge in [0.25, 0.3) is 0 Å². The number of aromatic nitrogens is 4. The molecule has 4 rings (SSSR count). The molecule has 0 radical (unpaired) electrons. The quantitative estimate of drug-likeness (QED) is 0.631. The highest BCUT2D eigenvalue weighted by atomic mass is 16.5. The monoisotopic (exact) mass is 394 g/mol. The molecule has 3 aromatic rings. The van der Waals surface area contributed by atoms with Crippen molar-refractivity contribution in [3.63, 3.8) is 0 Å². The minimum absolute atomic E-state index is 0.0161. The first-order chi connectivity index (χ1) is 14.2. The first kappa shape index (κ1) is 19.5. The standard InChI is InChI=1S/C21H26N6O2/c1-17-12-29-15-21(14-28,27(17)11-18-5-3-2-4-6-18)13-23-19-7-8-20(25-24-19)26-10-9-22-16-26/h2-10,16-17,28H,11-15H2,1H3,(H,23,24)/t17-,21+/m1/s1. The van der Waals surface area contributed by atoms with Gasteiger partial charge in [0.1, 0.15) is 12.1 Å². The molecule has 8 nitrogen and oxygen atoms in total. The van der Waals surface area contributed by atoms with Crippen LogP contribution in [0.5, 0.6) is 0 Å². The summed E-state index contributed by atoms with van der Waals surface area (Å²) in [6, 6.07) is 14.3. The normalized spacial score (nSPS) is 22.5. The van der Waals surface area contributed by atoms with Crippen molar-refractivity contribution in [2.24, 2.45) is 0 Å². The van der Waals surface area contributed by atoms with Crippen molar-refractivity contribution >= 4 is 5.82 Å². The number of anilines is 1. The van der Waals surface area contributed by atoms with Crippen LogP contribution >= 0.6 is 0 Å². The summed E-state index contributed by atoms with van der Waals surface area (Å²) in [5.41, 5.74) is 0.668. The maximum Gasteiger partial charge on any atom is 0.160 e. The van der Waals surface area contributed by atoms with E-state index in [4.69, 9.17) is 4.74 Å². The Hall–Kier alpha value is -2.81. The molecule has 8 heteroatoms. The summed E-state index contributed by atoms with van der Waals surface area (Å²) in [6.07, 6.45) is 5.20. The van der Waals surface area contributed by atoms with Gasteiger partial charge in [0, 0.05) is 31.5 Å². The van der Waals surface area contributed by atoms with Gasteiger partial charge in [-0.05, 0) is 24.6 Å². The van der Waals surface area contributed by atoms with Crippen LogP contribution in [0.1, 0.15) is 12.5 Å². The lowest BCUT2D eigenvalue weighted by Crippen LogP contribution is -2.65. The van der Waals surface area contributed by atoms with Crippen LogP contribution in [0.4, 0.5) is 5.82 Å². The van der Waals surface area contributed by atoms with E-state index in [0.29, 0.717) is 31.4 Å². The highest BCUT2D eigenvalue weighted by Gasteiger charge is 2.42. The molecule has 29 heavy (non-hydrogen) atoms. The van der Waals surface area contributed by atoms with Gasteiger partial charge in [-0.15, -0.1) is 10.2 Å². The lowest BCUT2D eigenvalue weighted by Gasteiger charge is -2.49. The second-order valence-corrected chi connectivity index (χ2v) is 7.46. The fraction of sp³-hybridized carbons (Fsp3) is 0.381. The van der Waals surface area contributed by atoms with Crippen molar-refractivity contribution in [2.45, 2.75) is 25.0 Å². The molecule has 1 aromatic carbocycles. The van der Waals surface area contributed by atoms with E-state index >= 15 is 0 Å². The highest BCUT2D eigenvalue weighted by molar-refractivity contribution is 5.37. The van der Waals surface area contributed by atoms with Crippen LogP contribution in [-0.2, 0) is 11.3 Å². The number of rotatable bonds is 7. The predicted molar refractivity (Wildman–Crippen MR) is 110 cm³/mol. The zero-order chi connectivity index (χ0) is 20.1. The number of benzene rings is 1. The topological polar surface area (TPSA) is 88.3 Å². The van der Waals surface area contributed by atoms with Crippen LogP contribution in [0.15, 0.2) is 61.2 Å². The number of hydrogen-bond donors (Lipinski definition) is 2. The Morgan fingerprint density at radius 2 is 2.07 bits per heavy atom. The van der Waals surface area contributed by atoms with Crippen molar-refractivity contribution in [3.8, 4) is 5.82 Å². The van der Waals surface area contributed by atoms with Gasteiger partial charge in [-0.1, -0.05) is 30.3 Å². The molecule has 1 aliphatic rings. The minimum Gasteiger partial charge on any atom is -0.394 e. The fourth-order valence-corrected chi connectivity index (χ4v) is 3.72. The van der Waals surface area contributed by atoms with Crippen LogP contribution in [0, 0.1) is 0 Å². The summed E-state index contributed by atoms with van der Waals surface area (Å²) in [4.78, 5) is 6.35. The summed E-state index contributed by atoms with van der Waals surface area (Å²) >= 11 is 0. The minimum atomic E-state index is -0.543. The Morgan fingerprint density at radius 1 is 1.21 bits per heavy atom. The lowest BCUT2D eigenvalue weighted by atomic mass is 9.94. The molecule has 0 unspecified atom stereocenters. The summed E-state index contributed by atoms with van der Waals surface area (Å²) in [5.74, 6) is 1.35. The van der Waals surface area contributed by atoms with E-state index in [-0.39, 0.29) is 12.6 Å². The average molecular weight is 394 g/mol. The van der Waals surface area contributed by atoms with Gasteiger partial charge in [0.05, 0.1) is 25.4 Å². The van der Waals surface area contributed by atoms with E-state index in [1.54, 1.807) is 17.1 Å². The smallest absolute Gasteiger partial charge is 0.160 e. The molecule has 1 aliphatic heterocycles. The molecule has 3 heterocycles. The van der Waals surface area contributed by atoms with E-state index in [1.807, 2.05) is 36.5 Å². The molecule has 0 saturated carbocycles. The second kappa shape index (κ2) is 8.69. The summed E-state index contributed by atoms with van der Waals surface area (Å²) < 4.78 is 7.62. The van der Waals surface area contributed by atoms with Crippen LogP contribution in [-0.4, -0.2) is 67.7 Å². The van der Waals surface area contributed by atoms with Crippen molar-refractivity contribution in [3.05, 3.63) is 66.7 Å². The fourth-order valence-electron chi connectivity index (χ4n) is 3.72. The van der Waals surface area contributed by atoms with Crippen molar-refractivity contribution in [2.75, 3.05) is 31.7 Å². The van der Waals surface area contributed by atoms with Crippen LogP contribution < -0.4 is 5.32 Å². The number of hydrogen-bond acceptors (Lipinski definition) is 7. The largest absolute Gasteiger partial charge is 0.394 e. The van der Waals surface area contributed by atoms with Crippen molar-refractivity contribution in [1.29, 1.82) is 0 Å². The van der Waals surface area contributed by atoms with E-state index < -0.39 is 5.54 Å². The van der Waals surface area contributed by atoms with Gasteiger partial charge >= 0.3 is 0 Å². The third kappa shape index (κ3) is 4.29. The molecule has 0 aliphatic carbocycles. The zero-order valence-electron chi connectivity index (χ0n) is 16.5. The molecule has 0 amide bonds. The SMILES string of the molecule is C[C@@H]1COC[C@@](CO)(CNc2ccc(-n3ccnc3)nn2)N1Cc1ccccc1. The number of ether oxygens (including phenoxy) is 1. The second-order valence-electron chi connectivity index (χ2n) is 7.46. The van der Waals surface area contributed by atoms with Crippen LogP contribution in [0.2, 0.25) is 0 Å². The summed E-state index contributed by atoms with van der Waals surface area (Å²) in [7, 11) is 0. The number of morpholine rings is 1. The molecule has 2 N–H and O–H groups in total. The third-order valence-electron chi connectivity index (χ3n) is 5.38. The predicted octanol–water partition coefficient (Wildman–Crippen LogP) is 1.73. The van der Waals surface area contributed by atoms with E-state index in [0.717, 1.165) is 6.54 Å². The van der Waals surface area contributed by atoms with Gasteiger partial charge in [0.2, 0.25) is 0 Å². The Balaban J connectivity index is 1.49. The molecular weight excluding hydrogens is 368 g/mol. The maximum atomic E-state index is 10.3. The van der Waals surface area contributed by atoms with Gasteiger partial charge in [0.15, 0.2) is 5.82 Å². The van der Waals surface area contributed by atoms with Gasteiger partial charge in [-0.2, -0.15) is 0 Å². The first-order valence-electron chi connectivity index (χ1n) is 9.75. The third-order valence-corrected chi connectivity index (χ3v) is 5.38. The van der Waals surface area contributed by atoms with E-state index in [2.05, 4.69) is 44.5 Å². The Labute approximate surface area is 170 Å². The molecule has 2 atom stereocenters.